The number of halogens is 1. The lowest BCUT2D eigenvalue weighted by Gasteiger charge is -2.07. The predicted octanol–water partition coefficient (Wildman–Crippen LogP) is 4.18. The first-order valence-corrected chi connectivity index (χ1v) is 6.74. The molecule has 0 spiro atoms. The van der Waals surface area contributed by atoms with Crippen LogP contribution in [0.25, 0.3) is 0 Å². The van der Waals surface area contributed by atoms with Crippen molar-refractivity contribution in [2.24, 2.45) is 0 Å². The summed E-state index contributed by atoms with van der Waals surface area (Å²) in [5, 5.41) is 10.7. The Bertz CT molecular complexity index is 315. The van der Waals surface area contributed by atoms with E-state index >= 15 is 0 Å². The number of rotatable bonds is 5. The molecule has 1 N–H and O–H groups in total. The van der Waals surface area contributed by atoms with Crippen molar-refractivity contribution in [3.63, 3.8) is 0 Å². The number of thiazole rings is 1. The minimum absolute atomic E-state index is 0.405. The lowest BCUT2D eigenvalue weighted by atomic mass is 10.00. The molecule has 0 saturated heterocycles. The normalized spacial score (nSPS) is 11.5. The van der Waals surface area contributed by atoms with Crippen LogP contribution in [0.15, 0.2) is 5.38 Å². The molecule has 5 heteroatoms. The number of carboxylic acids is 1. The molecule has 92 valence electrons. The number of unbranched alkanes of at least 4 members (excludes halogenated alkanes) is 1. The SMILES string of the molecule is CC.CCCCC(C(=O)O)c1csc(Cl)n1. The van der Waals surface area contributed by atoms with Gasteiger partial charge in [-0.05, 0) is 6.42 Å². The molecule has 0 aromatic carbocycles. The highest BCUT2D eigenvalue weighted by Gasteiger charge is 2.21. The van der Waals surface area contributed by atoms with Gasteiger partial charge in [0.15, 0.2) is 4.47 Å². The Hall–Kier alpha value is -0.610. The molecule has 1 aromatic rings. The highest BCUT2D eigenvalue weighted by molar-refractivity contribution is 7.14. The summed E-state index contributed by atoms with van der Waals surface area (Å²) in [5.74, 6) is -1.32. The van der Waals surface area contributed by atoms with Gasteiger partial charge in [0.05, 0.1) is 11.6 Å². The molecule has 0 aliphatic carbocycles. The number of hydrogen-bond acceptors (Lipinski definition) is 3. The van der Waals surface area contributed by atoms with Gasteiger partial charge in [0, 0.05) is 5.38 Å². The van der Waals surface area contributed by atoms with Crippen LogP contribution in [-0.2, 0) is 4.79 Å². The molecular weight excluding hydrogens is 246 g/mol. The monoisotopic (exact) mass is 263 g/mol. The maximum Gasteiger partial charge on any atom is 0.312 e. The third-order valence-corrected chi connectivity index (χ3v) is 2.99. The van der Waals surface area contributed by atoms with E-state index in [1.165, 1.54) is 11.3 Å². The molecule has 1 atom stereocenters. The summed E-state index contributed by atoms with van der Waals surface area (Å²) in [4.78, 5) is 14.9. The number of aromatic nitrogens is 1. The van der Waals surface area contributed by atoms with Crippen LogP contribution in [0.1, 0.15) is 51.6 Å². The number of carboxylic acid groups (broad SMARTS) is 1. The van der Waals surface area contributed by atoms with E-state index in [9.17, 15) is 4.79 Å². The molecule has 0 amide bonds. The average Bonchev–Trinajstić information content (AvgIpc) is 2.68. The van der Waals surface area contributed by atoms with Crippen LogP contribution in [0.2, 0.25) is 4.47 Å². The molecule has 0 aliphatic heterocycles. The first kappa shape index (κ1) is 15.4. The molecule has 1 heterocycles. The summed E-state index contributed by atoms with van der Waals surface area (Å²) in [6.45, 7) is 6.03. The van der Waals surface area contributed by atoms with Gasteiger partial charge in [-0.1, -0.05) is 45.2 Å². The van der Waals surface area contributed by atoms with Crippen molar-refractivity contribution in [1.82, 2.24) is 4.98 Å². The quantitative estimate of drug-likeness (QED) is 0.867. The number of hydrogen-bond donors (Lipinski definition) is 1. The van der Waals surface area contributed by atoms with Gasteiger partial charge < -0.3 is 5.11 Å². The lowest BCUT2D eigenvalue weighted by Crippen LogP contribution is -2.11. The Labute approximate surface area is 105 Å². The minimum Gasteiger partial charge on any atom is -0.481 e. The van der Waals surface area contributed by atoms with Gasteiger partial charge in [-0.3, -0.25) is 4.79 Å². The van der Waals surface area contributed by atoms with Crippen molar-refractivity contribution in [3.8, 4) is 0 Å². The van der Waals surface area contributed by atoms with E-state index < -0.39 is 11.9 Å². The van der Waals surface area contributed by atoms with Crippen molar-refractivity contribution in [2.45, 2.75) is 46.0 Å². The van der Waals surface area contributed by atoms with Crippen molar-refractivity contribution in [2.75, 3.05) is 0 Å². The molecule has 0 radical (unpaired) electrons. The first-order valence-electron chi connectivity index (χ1n) is 5.49. The third kappa shape index (κ3) is 4.94. The molecule has 1 rings (SSSR count). The summed E-state index contributed by atoms with van der Waals surface area (Å²) in [6, 6.07) is 0. The smallest absolute Gasteiger partial charge is 0.312 e. The second-order valence-electron chi connectivity index (χ2n) is 3.06. The zero-order valence-corrected chi connectivity index (χ0v) is 11.4. The largest absolute Gasteiger partial charge is 0.481 e. The Morgan fingerprint density at radius 2 is 2.25 bits per heavy atom. The minimum atomic E-state index is -0.819. The topological polar surface area (TPSA) is 50.2 Å². The van der Waals surface area contributed by atoms with E-state index in [2.05, 4.69) is 4.98 Å². The van der Waals surface area contributed by atoms with Crippen molar-refractivity contribution >= 4 is 28.9 Å². The number of nitrogens with zero attached hydrogens (tertiary/aromatic N) is 1. The van der Waals surface area contributed by atoms with Gasteiger partial charge in [0.2, 0.25) is 0 Å². The van der Waals surface area contributed by atoms with Gasteiger partial charge in [-0.15, -0.1) is 11.3 Å². The Kier molecular flexibility index (Phi) is 8.21. The summed E-state index contributed by atoms with van der Waals surface area (Å²) >= 11 is 6.93. The van der Waals surface area contributed by atoms with Crippen LogP contribution < -0.4 is 0 Å². The van der Waals surface area contributed by atoms with Crippen LogP contribution in [0, 0.1) is 0 Å². The highest BCUT2D eigenvalue weighted by atomic mass is 35.5. The fourth-order valence-corrected chi connectivity index (χ4v) is 2.05. The summed E-state index contributed by atoms with van der Waals surface area (Å²) in [7, 11) is 0. The highest BCUT2D eigenvalue weighted by Crippen LogP contribution is 2.26. The van der Waals surface area contributed by atoms with Crippen molar-refractivity contribution in [1.29, 1.82) is 0 Å². The van der Waals surface area contributed by atoms with Gasteiger partial charge in [0.25, 0.3) is 0 Å². The van der Waals surface area contributed by atoms with Crippen LogP contribution in [-0.4, -0.2) is 16.1 Å². The second-order valence-corrected chi connectivity index (χ2v) is 4.50. The Balaban J connectivity index is 0.00000106. The fourth-order valence-electron chi connectivity index (χ4n) is 1.23. The maximum absolute atomic E-state index is 10.9. The number of aliphatic carboxylic acids is 1. The molecule has 0 aliphatic rings. The van der Waals surface area contributed by atoms with Crippen LogP contribution in [0.4, 0.5) is 0 Å². The van der Waals surface area contributed by atoms with Crippen LogP contribution >= 0.6 is 22.9 Å². The van der Waals surface area contributed by atoms with Gasteiger partial charge in [-0.2, -0.15) is 0 Å². The number of carbonyl (C=O) groups is 1. The first-order chi connectivity index (χ1) is 7.65. The molecule has 0 bridgehead atoms. The molecule has 0 saturated carbocycles. The molecule has 16 heavy (non-hydrogen) atoms. The fraction of sp³-hybridized carbons (Fsp3) is 0.636. The van der Waals surface area contributed by atoms with E-state index in [4.69, 9.17) is 16.7 Å². The molecule has 0 fully saturated rings. The van der Waals surface area contributed by atoms with Gasteiger partial charge in [-0.25, -0.2) is 4.98 Å². The van der Waals surface area contributed by atoms with E-state index in [1.54, 1.807) is 5.38 Å². The third-order valence-electron chi connectivity index (χ3n) is 2.00. The standard InChI is InChI=1S/C9H12ClNO2S.C2H6/c1-2-3-4-6(8(12)13)7-5-14-9(10)11-7;1-2/h5-6H,2-4H2,1H3,(H,12,13);1-2H3. The molecule has 3 nitrogen and oxygen atoms in total. The van der Waals surface area contributed by atoms with Crippen molar-refractivity contribution in [3.05, 3.63) is 15.5 Å². The van der Waals surface area contributed by atoms with Crippen molar-refractivity contribution < 1.29 is 9.90 Å². The van der Waals surface area contributed by atoms with Gasteiger partial charge in [0.1, 0.15) is 0 Å². The Morgan fingerprint density at radius 1 is 1.62 bits per heavy atom. The van der Waals surface area contributed by atoms with Crippen LogP contribution in [0.5, 0.6) is 0 Å². The Morgan fingerprint density at radius 3 is 2.62 bits per heavy atom. The summed E-state index contributed by atoms with van der Waals surface area (Å²) < 4.78 is 0.405. The molecule has 1 unspecified atom stereocenters. The second kappa shape index (κ2) is 8.53. The zero-order valence-electron chi connectivity index (χ0n) is 9.86. The van der Waals surface area contributed by atoms with E-state index in [0.29, 0.717) is 16.6 Å². The van der Waals surface area contributed by atoms with E-state index in [0.717, 1.165) is 12.8 Å². The summed E-state index contributed by atoms with van der Waals surface area (Å²) in [5.41, 5.74) is 0.584. The lowest BCUT2D eigenvalue weighted by molar-refractivity contribution is -0.139. The van der Waals surface area contributed by atoms with E-state index in [-0.39, 0.29) is 0 Å². The maximum atomic E-state index is 10.9. The average molecular weight is 264 g/mol. The van der Waals surface area contributed by atoms with Crippen LogP contribution in [0.3, 0.4) is 0 Å². The van der Waals surface area contributed by atoms with Gasteiger partial charge >= 0.3 is 5.97 Å². The predicted molar refractivity (Wildman–Crippen MR) is 68.4 cm³/mol. The molecule has 1 aromatic heterocycles. The van der Waals surface area contributed by atoms with E-state index in [1.807, 2.05) is 20.8 Å². The summed E-state index contributed by atoms with van der Waals surface area (Å²) in [6.07, 6.45) is 2.51. The zero-order chi connectivity index (χ0) is 12.6. The molecular formula is C11H18ClNO2S.